The molecular weight excluding hydrogens is 215 g/mol. The van der Waals surface area contributed by atoms with Crippen molar-refractivity contribution in [1.29, 1.82) is 0 Å². The maximum absolute atomic E-state index is 12.7. The molecule has 0 aliphatic rings. The second-order valence-corrected chi connectivity index (χ2v) is 2.76. The first-order chi connectivity index (χ1) is 5.11. The van der Waals surface area contributed by atoms with Crippen molar-refractivity contribution in [2.24, 2.45) is 5.73 Å². The number of hydrogen-bond acceptors (Lipinski definition) is 2. The summed E-state index contributed by atoms with van der Waals surface area (Å²) in [5, 5.41) is 0. The maximum atomic E-state index is 12.7. The molecule has 0 saturated heterocycles. The Balaban J connectivity index is 3.20. The fourth-order valence-electron chi connectivity index (χ4n) is 0.596. The Morgan fingerprint density at radius 2 is 2.36 bits per heavy atom. The Morgan fingerprint density at radius 1 is 1.73 bits per heavy atom. The van der Waals surface area contributed by atoms with Crippen LogP contribution in [0, 0.1) is 5.82 Å². The average molecular weight is 219 g/mol. The van der Waals surface area contributed by atoms with Crippen LogP contribution in [-0.4, -0.2) is 10.9 Å². The SMILES string of the molecule is NC(=O)c1ncc(Br)cc1F. The molecule has 1 rings (SSSR count). The summed E-state index contributed by atoms with van der Waals surface area (Å²) in [6, 6.07) is 1.13. The van der Waals surface area contributed by atoms with Gasteiger partial charge in [0.25, 0.3) is 5.91 Å². The number of nitrogens with zero attached hydrogens (tertiary/aromatic N) is 1. The third-order valence-electron chi connectivity index (χ3n) is 1.04. The zero-order valence-corrected chi connectivity index (χ0v) is 6.93. The van der Waals surface area contributed by atoms with E-state index in [1.54, 1.807) is 0 Å². The van der Waals surface area contributed by atoms with Gasteiger partial charge in [-0.3, -0.25) is 4.79 Å². The molecule has 1 heterocycles. The number of nitrogens with two attached hydrogens (primary N) is 1. The van der Waals surface area contributed by atoms with Gasteiger partial charge in [-0.2, -0.15) is 0 Å². The summed E-state index contributed by atoms with van der Waals surface area (Å²) < 4.78 is 13.2. The molecule has 0 aliphatic carbocycles. The molecule has 1 aromatic rings. The lowest BCUT2D eigenvalue weighted by atomic mass is 10.3. The van der Waals surface area contributed by atoms with Crippen LogP contribution in [0.25, 0.3) is 0 Å². The van der Waals surface area contributed by atoms with Crippen molar-refractivity contribution in [1.82, 2.24) is 4.98 Å². The first-order valence-corrected chi connectivity index (χ1v) is 3.51. The van der Waals surface area contributed by atoms with E-state index in [0.29, 0.717) is 4.47 Å². The zero-order valence-electron chi connectivity index (χ0n) is 5.34. The van der Waals surface area contributed by atoms with Crippen molar-refractivity contribution in [3.05, 3.63) is 28.2 Å². The van der Waals surface area contributed by atoms with Gasteiger partial charge in [0.1, 0.15) is 0 Å². The number of rotatable bonds is 1. The summed E-state index contributed by atoms with van der Waals surface area (Å²) >= 11 is 2.99. The molecule has 0 unspecified atom stereocenters. The van der Waals surface area contributed by atoms with E-state index >= 15 is 0 Å². The number of amides is 1. The van der Waals surface area contributed by atoms with E-state index in [1.807, 2.05) is 0 Å². The standard InChI is InChI=1S/C6H4BrFN2O/c7-3-1-4(8)5(6(9)11)10-2-3/h1-2H,(H2,9,11). The number of carbonyl (C=O) groups excluding carboxylic acids is 1. The Hall–Kier alpha value is -0.970. The highest BCUT2D eigenvalue weighted by atomic mass is 79.9. The number of carbonyl (C=O) groups is 1. The van der Waals surface area contributed by atoms with Gasteiger partial charge in [0.15, 0.2) is 11.5 Å². The highest BCUT2D eigenvalue weighted by molar-refractivity contribution is 9.10. The monoisotopic (exact) mass is 218 g/mol. The molecule has 0 radical (unpaired) electrons. The van der Waals surface area contributed by atoms with Crippen LogP contribution in [0.5, 0.6) is 0 Å². The number of hydrogen-bond donors (Lipinski definition) is 1. The molecule has 0 atom stereocenters. The van der Waals surface area contributed by atoms with Crippen molar-refractivity contribution >= 4 is 21.8 Å². The van der Waals surface area contributed by atoms with E-state index in [1.165, 1.54) is 6.20 Å². The molecule has 0 spiro atoms. The Labute approximate surface area is 70.6 Å². The predicted octanol–water partition coefficient (Wildman–Crippen LogP) is 1.08. The smallest absolute Gasteiger partial charge is 0.270 e. The lowest BCUT2D eigenvalue weighted by molar-refractivity contribution is 0.0991. The molecule has 0 fully saturated rings. The van der Waals surface area contributed by atoms with Crippen molar-refractivity contribution in [2.75, 3.05) is 0 Å². The molecule has 11 heavy (non-hydrogen) atoms. The van der Waals surface area contributed by atoms with E-state index in [4.69, 9.17) is 5.73 Å². The van der Waals surface area contributed by atoms with E-state index in [9.17, 15) is 9.18 Å². The van der Waals surface area contributed by atoms with Crippen molar-refractivity contribution in [3.63, 3.8) is 0 Å². The molecular formula is C6H4BrFN2O. The van der Waals surface area contributed by atoms with Crippen molar-refractivity contribution in [3.8, 4) is 0 Å². The van der Waals surface area contributed by atoms with E-state index in [-0.39, 0.29) is 5.69 Å². The Morgan fingerprint density at radius 3 is 2.82 bits per heavy atom. The third-order valence-corrected chi connectivity index (χ3v) is 1.47. The van der Waals surface area contributed by atoms with Gasteiger partial charge in [0.2, 0.25) is 0 Å². The van der Waals surface area contributed by atoms with Gasteiger partial charge in [0.05, 0.1) is 0 Å². The second kappa shape index (κ2) is 2.96. The normalized spacial score (nSPS) is 9.64. The topological polar surface area (TPSA) is 56.0 Å². The van der Waals surface area contributed by atoms with Gasteiger partial charge < -0.3 is 5.73 Å². The van der Waals surface area contributed by atoms with Gasteiger partial charge in [0, 0.05) is 10.7 Å². The predicted molar refractivity (Wildman–Crippen MR) is 40.4 cm³/mol. The van der Waals surface area contributed by atoms with E-state index in [0.717, 1.165) is 6.07 Å². The number of pyridine rings is 1. The molecule has 0 aromatic carbocycles. The minimum absolute atomic E-state index is 0.340. The quantitative estimate of drug-likeness (QED) is 0.768. The van der Waals surface area contributed by atoms with Crippen LogP contribution in [0.2, 0.25) is 0 Å². The highest BCUT2D eigenvalue weighted by Crippen LogP contribution is 2.11. The highest BCUT2D eigenvalue weighted by Gasteiger charge is 2.08. The van der Waals surface area contributed by atoms with Crippen LogP contribution >= 0.6 is 15.9 Å². The minimum Gasteiger partial charge on any atom is -0.364 e. The molecule has 1 aromatic heterocycles. The van der Waals surface area contributed by atoms with Crippen LogP contribution < -0.4 is 5.73 Å². The summed E-state index contributed by atoms with van der Waals surface area (Å²) in [7, 11) is 0. The third kappa shape index (κ3) is 1.74. The average Bonchev–Trinajstić information content (AvgIpc) is 1.85. The molecule has 0 bridgehead atoms. The van der Waals surface area contributed by atoms with Crippen LogP contribution in [0.3, 0.4) is 0 Å². The van der Waals surface area contributed by atoms with Crippen LogP contribution in [0.15, 0.2) is 16.7 Å². The first kappa shape index (κ1) is 8.13. The number of primary amides is 1. The summed E-state index contributed by atoms with van der Waals surface area (Å²) in [4.78, 5) is 13.9. The van der Waals surface area contributed by atoms with Crippen LogP contribution in [0.1, 0.15) is 10.5 Å². The lowest BCUT2D eigenvalue weighted by Crippen LogP contribution is -2.14. The second-order valence-electron chi connectivity index (χ2n) is 1.85. The fourth-order valence-corrected chi connectivity index (χ4v) is 0.899. The van der Waals surface area contributed by atoms with Crippen LogP contribution in [-0.2, 0) is 0 Å². The molecule has 3 nitrogen and oxygen atoms in total. The number of aromatic nitrogens is 1. The molecule has 2 N–H and O–H groups in total. The van der Waals surface area contributed by atoms with E-state index in [2.05, 4.69) is 20.9 Å². The van der Waals surface area contributed by atoms with E-state index < -0.39 is 11.7 Å². The van der Waals surface area contributed by atoms with Crippen molar-refractivity contribution < 1.29 is 9.18 Å². The molecule has 0 saturated carbocycles. The Bertz CT molecular complexity index is 303. The Kier molecular flexibility index (Phi) is 2.19. The van der Waals surface area contributed by atoms with Gasteiger partial charge in [-0.05, 0) is 22.0 Å². The molecule has 58 valence electrons. The maximum Gasteiger partial charge on any atom is 0.270 e. The van der Waals surface area contributed by atoms with Gasteiger partial charge in [-0.25, -0.2) is 9.37 Å². The van der Waals surface area contributed by atoms with Crippen molar-refractivity contribution in [2.45, 2.75) is 0 Å². The lowest BCUT2D eigenvalue weighted by Gasteiger charge is -1.95. The zero-order chi connectivity index (χ0) is 8.43. The summed E-state index contributed by atoms with van der Waals surface area (Å²) in [6.07, 6.45) is 1.31. The fraction of sp³-hybridized carbons (Fsp3) is 0. The molecule has 0 aliphatic heterocycles. The first-order valence-electron chi connectivity index (χ1n) is 2.72. The number of halogens is 2. The van der Waals surface area contributed by atoms with Crippen LogP contribution in [0.4, 0.5) is 4.39 Å². The summed E-state index contributed by atoms with van der Waals surface area (Å²) in [6.45, 7) is 0. The largest absolute Gasteiger partial charge is 0.364 e. The van der Waals surface area contributed by atoms with Gasteiger partial charge >= 0.3 is 0 Å². The van der Waals surface area contributed by atoms with Gasteiger partial charge in [-0.1, -0.05) is 0 Å². The van der Waals surface area contributed by atoms with Gasteiger partial charge in [-0.15, -0.1) is 0 Å². The minimum atomic E-state index is -0.866. The summed E-state index contributed by atoms with van der Waals surface area (Å²) in [5.74, 6) is -1.58. The molecule has 1 amide bonds. The summed E-state index contributed by atoms with van der Waals surface area (Å²) in [5.41, 5.74) is 4.47. The molecule has 5 heteroatoms.